The van der Waals surface area contributed by atoms with Crippen LogP contribution in [0.5, 0.6) is 5.75 Å². The minimum absolute atomic E-state index is 0.136. The zero-order chi connectivity index (χ0) is 30.1. The number of aromatic nitrogens is 4. The van der Waals surface area contributed by atoms with Gasteiger partial charge in [-0.2, -0.15) is 10.4 Å². The van der Waals surface area contributed by atoms with Gasteiger partial charge in [-0.1, -0.05) is 0 Å². The SMILES string of the molecule is Cc1ncc(-c2ccc3nc(NC(=O)C(C)(C)C#N)cn3n2)cc1C(=O)NC(C)c1cc(OC(F)(F)F)ccc1F. The molecule has 0 aliphatic heterocycles. The van der Waals surface area contributed by atoms with E-state index in [1.165, 1.54) is 43.7 Å². The first-order valence-corrected chi connectivity index (χ1v) is 12.1. The lowest BCUT2D eigenvalue weighted by Gasteiger charge is -2.18. The number of halogens is 4. The van der Waals surface area contributed by atoms with Crippen LogP contribution in [0.2, 0.25) is 0 Å². The summed E-state index contributed by atoms with van der Waals surface area (Å²) >= 11 is 0. The number of imidazole rings is 1. The fourth-order valence-electron chi connectivity index (χ4n) is 3.73. The third-order valence-electron chi connectivity index (χ3n) is 6.05. The highest BCUT2D eigenvalue weighted by molar-refractivity contribution is 5.97. The molecule has 2 N–H and O–H groups in total. The number of amides is 2. The minimum Gasteiger partial charge on any atom is -0.406 e. The molecule has 0 aliphatic carbocycles. The van der Waals surface area contributed by atoms with Crippen LogP contribution in [0.25, 0.3) is 16.9 Å². The number of nitrogens with one attached hydrogen (secondary N) is 2. The third-order valence-corrected chi connectivity index (χ3v) is 6.05. The maximum absolute atomic E-state index is 14.4. The standard InChI is InChI=1S/C27H23F4N7O3/c1-14-19(24(39)34-15(2)18-10-17(5-6-20(18)28)41-27(29,30)31)9-16(11-33-14)21-7-8-23-35-22(12-38(23)37-21)36-25(40)26(3,4)13-32/h5-12,15H,1-4H3,(H,34,39)(H,36,40). The first kappa shape index (κ1) is 28.9. The molecule has 3 aromatic heterocycles. The number of hydrogen-bond acceptors (Lipinski definition) is 7. The Hall–Kier alpha value is -5.06. The monoisotopic (exact) mass is 569 g/mol. The van der Waals surface area contributed by atoms with Gasteiger partial charge in [-0.15, -0.1) is 13.2 Å². The number of nitrogens with zero attached hydrogens (tertiary/aromatic N) is 5. The van der Waals surface area contributed by atoms with Crippen molar-refractivity contribution in [3.8, 4) is 23.1 Å². The third kappa shape index (κ3) is 6.57. The summed E-state index contributed by atoms with van der Waals surface area (Å²) in [6.07, 6.45) is -2.00. The Morgan fingerprint density at radius 3 is 2.56 bits per heavy atom. The van der Waals surface area contributed by atoms with Gasteiger partial charge in [-0.05, 0) is 64.1 Å². The molecule has 3 heterocycles. The van der Waals surface area contributed by atoms with Crippen LogP contribution >= 0.6 is 0 Å². The lowest BCUT2D eigenvalue weighted by molar-refractivity contribution is -0.274. The molecule has 4 rings (SSSR count). The lowest BCUT2D eigenvalue weighted by atomic mass is 9.95. The normalized spacial score (nSPS) is 12.5. The Morgan fingerprint density at radius 1 is 1.15 bits per heavy atom. The smallest absolute Gasteiger partial charge is 0.406 e. The molecule has 0 aliphatic rings. The molecular weight excluding hydrogens is 546 g/mol. The van der Waals surface area contributed by atoms with Crippen LogP contribution in [-0.2, 0) is 4.79 Å². The second-order valence-corrected chi connectivity index (χ2v) is 9.62. The van der Waals surface area contributed by atoms with Gasteiger partial charge in [0.2, 0.25) is 5.91 Å². The fraction of sp³-hybridized carbons (Fsp3) is 0.259. The van der Waals surface area contributed by atoms with Crippen molar-refractivity contribution in [1.29, 1.82) is 5.26 Å². The van der Waals surface area contributed by atoms with E-state index < -0.39 is 41.2 Å². The van der Waals surface area contributed by atoms with Crippen molar-refractivity contribution >= 4 is 23.3 Å². The van der Waals surface area contributed by atoms with E-state index in [1.807, 2.05) is 6.07 Å². The maximum atomic E-state index is 14.4. The highest BCUT2D eigenvalue weighted by atomic mass is 19.4. The van der Waals surface area contributed by atoms with Crippen LogP contribution in [0.1, 0.15) is 48.4 Å². The number of benzene rings is 1. The number of carbonyl (C=O) groups is 2. The molecule has 1 unspecified atom stereocenters. The van der Waals surface area contributed by atoms with Gasteiger partial charge in [0.15, 0.2) is 11.5 Å². The summed E-state index contributed by atoms with van der Waals surface area (Å²) in [6, 6.07) is 8.22. The Labute approximate surface area is 231 Å². The zero-order valence-corrected chi connectivity index (χ0v) is 22.2. The van der Waals surface area contributed by atoms with E-state index in [0.29, 0.717) is 22.6 Å². The highest BCUT2D eigenvalue weighted by Gasteiger charge is 2.32. The molecule has 0 saturated carbocycles. The first-order valence-electron chi connectivity index (χ1n) is 12.1. The number of hydrogen-bond donors (Lipinski definition) is 2. The fourth-order valence-corrected chi connectivity index (χ4v) is 3.73. The van der Waals surface area contributed by atoms with Gasteiger partial charge in [0.1, 0.15) is 17.0 Å². The molecule has 10 nitrogen and oxygen atoms in total. The number of anilines is 1. The quantitative estimate of drug-likeness (QED) is 0.295. The lowest BCUT2D eigenvalue weighted by Crippen LogP contribution is -2.29. The van der Waals surface area contributed by atoms with Gasteiger partial charge in [0.05, 0.1) is 35.3 Å². The average Bonchev–Trinajstić information content (AvgIpc) is 3.30. The summed E-state index contributed by atoms with van der Waals surface area (Å²) in [7, 11) is 0. The molecule has 0 saturated heterocycles. The maximum Gasteiger partial charge on any atom is 0.573 e. The van der Waals surface area contributed by atoms with Crippen LogP contribution in [0.15, 0.2) is 48.8 Å². The van der Waals surface area contributed by atoms with Gasteiger partial charge < -0.3 is 15.4 Å². The van der Waals surface area contributed by atoms with E-state index in [9.17, 15) is 27.2 Å². The second kappa shape index (κ2) is 10.8. The van der Waals surface area contributed by atoms with E-state index in [-0.39, 0.29) is 16.9 Å². The number of rotatable bonds is 7. The molecule has 212 valence electrons. The van der Waals surface area contributed by atoms with Crippen LogP contribution in [0.3, 0.4) is 0 Å². The van der Waals surface area contributed by atoms with Crippen molar-refractivity contribution in [3.05, 3.63) is 71.4 Å². The van der Waals surface area contributed by atoms with Crippen LogP contribution in [0.4, 0.5) is 23.4 Å². The van der Waals surface area contributed by atoms with Crippen molar-refractivity contribution in [2.45, 2.75) is 40.1 Å². The van der Waals surface area contributed by atoms with E-state index in [4.69, 9.17) is 5.26 Å². The number of aryl methyl sites for hydroxylation is 1. The predicted molar refractivity (Wildman–Crippen MR) is 138 cm³/mol. The molecule has 1 aromatic carbocycles. The summed E-state index contributed by atoms with van der Waals surface area (Å²) in [5.74, 6) is -2.42. The Bertz CT molecular complexity index is 1690. The number of carbonyl (C=O) groups excluding carboxylic acids is 2. The Kier molecular flexibility index (Phi) is 7.65. The van der Waals surface area contributed by atoms with Gasteiger partial charge >= 0.3 is 6.36 Å². The highest BCUT2D eigenvalue weighted by Crippen LogP contribution is 2.28. The Balaban J connectivity index is 1.56. The van der Waals surface area contributed by atoms with Gasteiger partial charge in [0.25, 0.3) is 5.91 Å². The summed E-state index contributed by atoms with van der Waals surface area (Å²) in [6.45, 7) is 5.96. The molecule has 0 bridgehead atoms. The van der Waals surface area contributed by atoms with Crippen molar-refractivity contribution in [1.82, 2.24) is 24.9 Å². The molecular formula is C27H23F4N7O3. The number of alkyl halides is 3. The minimum atomic E-state index is -4.96. The average molecular weight is 570 g/mol. The summed E-state index contributed by atoms with van der Waals surface area (Å²) < 4.78 is 57.4. The second-order valence-electron chi connectivity index (χ2n) is 9.62. The largest absolute Gasteiger partial charge is 0.573 e. The van der Waals surface area contributed by atoms with Crippen LogP contribution in [0, 0.1) is 29.5 Å². The van der Waals surface area contributed by atoms with E-state index in [2.05, 4.69) is 30.4 Å². The number of pyridine rings is 1. The molecule has 2 amide bonds. The summed E-state index contributed by atoms with van der Waals surface area (Å²) in [4.78, 5) is 33.9. The Morgan fingerprint density at radius 2 is 1.88 bits per heavy atom. The van der Waals surface area contributed by atoms with Crippen molar-refractivity contribution in [2.24, 2.45) is 5.41 Å². The predicted octanol–water partition coefficient (Wildman–Crippen LogP) is 5.12. The molecule has 41 heavy (non-hydrogen) atoms. The van der Waals surface area contributed by atoms with Gasteiger partial charge in [0, 0.05) is 17.3 Å². The molecule has 0 fully saturated rings. The van der Waals surface area contributed by atoms with Crippen molar-refractivity contribution < 1.29 is 31.9 Å². The molecule has 1 atom stereocenters. The van der Waals surface area contributed by atoms with Gasteiger partial charge in [-0.3, -0.25) is 14.6 Å². The summed E-state index contributed by atoms with van der Waals surface area (Å²) in [5.41, 5.74) is 0.287. The first-order chi connectivity index (χ1) is 19.2. The molecule has 0 spiro atoms. The topological polar surface area (TPSA) is 134 Å². The molecule has 0 radical (unpaired) electrons. The van der Waals surface area contributed by atoms with Crippen molar-refractivity contribution in [2.75, 3.05) is 5.32 Å². The van der Waals surface area contributed by atoms with E-state index in [1.54, 1.807) is 19.1 Å². The zero-order valence-electron chi connectivity index (χ0n) is 22.2. The molecule has 4 aromatic rings. The summed E-state index contributed by atoms with van der Waals surface area (Å²) in [5, 5.41) is 18.8. The van der Waals surface area contributed by atoms with Crippen molar-refractivity contribution in [3.63, 3.8) is 0 Å². The van der Waals surface area contributed by atoms with Crippen LogP contribution < -0.4 is 15.4 Å². The van der Waals surface area contributed by atoms with E-state index >= 15 is 0 Å². The van der Waals surface area contributed by atoms with Gasteiger partial charge in [-0.25, -0.2) is 13.9 Å². The number of fused-ring (bicyclic) bond motifs is 1. The number of nitriles is 1. The number of ether oxygens (including phenoxy) is 1. The van der Waals surface area contributed by atoms with Crippen LogP contribution in [-0.4, -0.2) is 37.8 Å². The van der Waals surface area contributed by atoms with E-state index in [0.717, 1.165) is 18.2 Å². The molecule has 14 heteroatoms.